The maximum absolute atomic E-state index is 15.3. The lowest BCUT2D eigenvalue weighted by atomic mass is 9.84. The molecule has 1 heterocycles. The molecule has 1 aromatic heterocycles. The molecule has 0 aliphatic rings. The molecule has 0 saturated heterocycles. The second-order valence-corrected chi connectivity index (χ2v) is 10.3. The van der Waals surface area contributed by atoms with Crippen molar-refractivity contribution >= 4 is 17.7 Å². The molecule has 3 aromatic carbocycles. The van der Waals surface area contributed by atoms with Gasteiger partial charge in [-0.05, 0) is 50.1 Å². The lowest BCUT2D eigenvalue weighted by Crippen LogP contribution is -2.49. The summed E-state index contributed by atoms with van der Waals surface area (Å²) in [5.74, 6) is -2.98. The van der Waals surface area contributed by atoms with Crippen molar-refractivity contribution in [3.05, 3.63) is 114 Å². The zero-order chi connectivity index (χ0) is 29.6. The fourth-order valence-corrected chi connectivity index (χ4v) is 4.50. The molecule has 2 amide bonds. The Morgan fingerprint density at radius 2 is 1.44 bits per heavy atom. The minimum Gasteiger partial charge on any atom is -0.494 e. The van der Waals surface area contributed by atoms with Crippen LogP contribution in [0.25, 0.3) is 11.1 Å². The number of rotatable bonds is 8. The highest BCUT2D eigenvalue weighted by Gasteiger charge is 2.34. The van der Waals surface area contributed by atoms with Crippen molar-refractivity contribution in [2.75, 3.05) is 12.4 Å². The average molecular weight is 560 g/mol. The minimum absolute atomic E-state index is 0.127. The lowest BCUT2D eigenvalue weighted by Gasteiger charge is -2.29. The second kappa shape index (κ2) is 12.6. The highest BCUT2D eigenvalue weighted by atomic mass is 19.1. The molecule has 4 rings (SSSR count). The van der Waals surface area contributed by atoms with E-state index in [1.165, 1.54) is 25.6 Å². The van der Waals surface area contributed by atoms with Crippen molar-refractivity contribution in [1.29, 1.82) is 0 Å². The van der Waals surface area contributed by atoms with E-state index < -0.39 is 41.2 Å². The maximum Gasteiger partial charge on any atom is 0.408 e. The quantitative estimate of drug-likeness (QED) is 0.251. The summed E-state index contributed by atoms with van der Waals surface area (Å²) in [6, 6.07) is 20.6. The molecule has 0 fully saturated rings. The highest BCUT2D eigenvalue weighted by Crippen LogP contribution is 2.35. The van der Waals surface area contributed by atoms with E-state index >= 15 is 8.78 Å². The van der Waals surface area contributed by atoms with Gasteiger partial charge in [-0.1, -0.05) is 60.7 Å². The summed E-state index contributed by atoms with van der Waals surface area (Å²) in [4.78, 5) is 30.7. The third kappa shape index (κ3) is 7.25. The van der Waals surface area contributed by atoms with E-state index in [1.807, 2.05) is 60.7 Å². The number of pyridine rings is 1. The van der Waals surface area contributed by atoms with E-state index in [0.717, 1.165) is 23.3 Å². The normalized spacial score (nSPS) is 12.0. The Bertz CT molecular complexity index is 1450. The van der Waals surface area contributed by atoms with Crippen molar-refractivity contribution in [1.82, 2.24) is 10.3 Å². The van der Waals surface area contributed by atoms with Gasteiger partial charge in [-0.25, -0.2) is 13.6 Å². The number of nitrogens with zero attached hydrogens (tertiary/aromatic N) is 1. The van der Waals surface area contributed by atoms with Crippen LogP contribution in [0.5, 0.6) is 5.75 Å². The average Bonchev–Trinajstić information content (AvgIpc) is 2.93. The first kappa shape index (κ1) is 29.2. The van der Waals surface area contributed by atoms with E-state index in [0.29, 0.717) is 0 Å². The third-order valence-electron chi connectivity index (χ3n) is 6.19. The number of ether oxygens (including phenoxy) is 2. The summed E-state index contributed by atoms with van der Waals surface area (Å²) >= 11 is 0. The number of methoxy groups -OCH3 is 1. The van der Waals surface area contributed by atoms with Crippen LogP contribution in [0.4, 0.5) is 19.3 Å². The second-order valence-electron chi connectivity index (χ2n) is 10.3. The monoisotopic (exact) mass is 559 g/mol. The van der Waals surface area contributed by atoms with E-state index in [1.54, 1.807) is 20.8 Å². The smallest absolute Gasteiger partial charge is 0.408 e. The van der Waals surface area contributed by atoms with Gasteiger partial charge in [0.25, 0.3) is 0 Å². The molecule has 212 valence electrons. The summed E-state index contributed by atoms with van der Waals surface area (Å²) in [6.45, 7) is 5.12. The van der Waals surface area contributed by atoms with Crippen LogP contribution in [0, 0.1) is 11.6 Å². The number of nitrogens with one attached hydrogen (secondary N) is 2. The van der Waals surface area contributed by atoms with Crippen LogP contribution in [0.2, 0.25) is 0 Å². The molecule has 7 nitrogen and oxygen atoms in total. The fourth-order valence-electron chi connectivity index (χ4n) is 4.50. The predicted molar refractivity (Wildman–Crippen MR) is 153 cm³/mol. The predicted octanol–water partition coefficient (Wildman–Crippen LogP) is 6.70. The molecule has 0 aliphatic carbocycles. The number of benzene rings is 3. The van der Waals surface area contributed by atoms with Crippen LogP contribution in [-0.4, -0.2) is 35.7 Å². The number of carbonyl (C=O) groups excluding carboxylic acids is 2. The van der Waals surface area contributed by atoms with Gasteiger partial charge in [0, 0.05) is 23.4 Å². The van der Waals surface area contributed by atoms with Gasteiger partial charge in [0.05, 0.1) is 18.9 Å². The summed E-state index contributed by atoms with van der Waals surface area (Å²) in [7, 11) is 1.37. The number of alkyl carbamates (subject to hydrolysis) is 1. The molecule has 0 bridgehead atoms. The molecule has 0 spiro atoms. The summed E-state index contributed by atoms with van der Waals surface area (Å²) < 4.78 is 41.2. The first-order chi connectivity index (χ1) is 19.6. The molecule has 4 aromatic rings. The molecule has 1 atom stereocenters. The fraction of sp³-hybridized carbons (Fsp3) is 0.219. The Hall–Kier alpha value is -4.79. The zero-order valence-corrected chi connectivity index (χ0v) is 23.2. The summed E-state index contributed by atoms with van der Waals surface area (Å²) in [5, 5.41) is 5.27. The van der Waals surface area contributed by atoms with Crippen LogP contribution < -0.4 is 15.4 Å². The number of halogens is 2. The van der Waals surface area contributed by atoms with Crippen molar-refractivity contribution in [2.45, 2.75) is 38.3 Å². The first-order valence-corrected chi connectivity index (χ1v) is 12.9. The Balaban J connectivity index is 1.73. The molecule has 0 radical (unpaired) electrons. The number of amides is 2. The first-order valence-electron chi connectivity index (χ1n) is 12.9. The topological polar surface area (TPSA) is 89.5 Å². The van der Waals surface area contributed by atoms with Gasteiger partial charge in [0.15, 0.2) is 0 Å². The SMILES string of the molecule is COc1cnccc1-c1c(F)cc(NC(=O)[C@@H](NC(=O)OC(C)(C)C)C(c2ccccc2)c2ccccc2)cc1F. The molecule has 9 heteroatoms. The Kier molecular flexibility index (Phi) is 8.97. The molecular formula is C32H31F2N3O4. The van der Waals surface area contributed by atoms with Gasteiger partial charge < -0.3 is 20.1 Å². The summed E-state index contributed by atoms with van der Waals surface area (Å²) in [5.41, 5.74) is 0.388. The number of hydrogen-bond acceptors (Lipinski definition) is 5. The van der Waals surface area contributed by atoms with Gasteiger partial charge in [-0.2, -0.15) is 0 Å². The van der Waals surface area contributed by atoms with Gasteiger partial charge in [0.1, 0.15) is 29.0 Å². The molecule has 2 N–H and O–H groups in total. The van der Waals surface area contributed by atoms with Crippen molar-refractivity contribution < 1.29 is 27.8 Å². The van der Waals surface area contributed by atoms with E-state index in [2.05, 4.69) is 15.6 Å². The number of aromatic nitrogens is 1. The van der Waals surface area contributed by atoms with E-state index in [9.17, 15) is 9.59 Å². The molecule has 0 unspecified atom stereocenters. The molecule has 41 heavy (non-hydrogen) atoms. The molecule has 0 saturated carbocycles. The Labute approximate surface area is 237 Å². The van der Waals surface area contributed by atoms with Crippen molar-refractivity contribution in [2.24, 2.45) is 0 Å². The highest BCUT2D eigenvalue weighted by molar-refractivity contribution is 5.98. The van der Waals surface area contributed by atoms with Gasteiger partial charge in [-0.3, -0.25) is 9.78 Å². The largest absolute Gasteiger partial charge is 0.494 e. The number of carbonyl (C=O) groups is 2. The minimum atomic E-state index is -1.21. The van der Waals surface area contributed by atoms with Crippen LogP contribution in [-0.2, 0) is 9.53 Å². The van der Waals surface area contributed by atoms with E-state index in [-0.39, 0.29) is 22.6 Å². The van der Waals surface area contributed by atoms with Crippen molar-refractivity contribution in [3.63, 3.8) is 0 Å². The van der Waals surface area contributed by atoms with Crippen LogP contribution in [0.1, 0.15) is 37.8 Å². The van der Waals surface area contributed by atoms with E-state index in [4.69, 9.17) is 9.47 Å². The number of hydrogen-bond donors (Lipinski definition) is 2. The lowest BCUT2D eigenvalue weighted by molar-refractivity contribution is -0.118. The van der Waals surface area contributed by atoms with Gasteiger partial charge in [0.2, 0.25) is 5.91 Å². The van der Waals surface area contributed by atoms with Gasteiger partial charge in [-0.15, -0.1) is 0 Å². The number of anilines is 1. The zero-order valence-electron chi connectivity index (χ0n) is 23.2. The standard InChI is InChI=1S/C32H31F2N3O4/c1-32(2,3)41-31(39)37-29(27(20-11-7-5-8-12-20)21-13-9-6-10-14-21)30(38)36-22-17-24(33)28(25(34)18-22)23-15-16-35-19-26(23)40-4/h5-19,27,29H,1-4H3,(H,36,38)(H,37,39)/t29-/m0/s1. The Morgan fingerprint density at radius 3 is 1.95 bits per heavy atom. The third-order valence-corrected chi connectivity index (χ3v) is 6.19. The van der Waals surface area contributed by atoms with Crippen LogP contribution in [0.15, 0.2) is 91.3 Å². The molecular weight excluding hydrogens is 528 g/mol. The van der Waals surface area contributed by atoms with Crippen molar-refractivity contribution in [3.8, 4) is 16.9 Å². The maximum atomic E-state index is 15.3. The van der Waals surface area contributed by atoms with Crippen LogP contribution in [0.3, 0.4) is 0 Å². The summed E-state index contributed by atoms with van der Waals surface area (Å²) in [6.07, 6.45) is 1.93. The Morgan fingerprint density at radius 1 is 0.878 bits per heavy atom. The van der Waals surface area contributed by atoms with Gasteiger partial charge >= 0.3 is 6.09 Å². The van der Waals surface area contributed by atoms with Crippen LogP contribution >= 0.6 is 0 Å². The molecule has 0 aliphatic heterocycles.